The lowest BCUT2D eigenvalue weighted by Crippen LogP contribution is -2.51. The van der Waals surface area contributed by atoms with Gasteiger partial charge in [-0.1, -0.05) is 13.8 Å². The maximum absolute atomic E-state index is 12.4. The summed E-state index contributed by atoms with van der Waals surface area (Å²) >= 11 is 0. The van der Waals surface area contributed by atoms with Crippen LogP contribution in [-0.4, -0.2) is 48.6 Å². The summed E-state index contributed by atoms with van der Waals surface area (Å²) in [6.07, 6.45) is 1.67. The lowest BCUT2D eigenvalue weighted by molar-refractivity contribution is 0.0909. The van der Waals surface area contributed by atoms with Gasteiger partial charge in [0.15, 0.2) is 5.78 Å². The van der Waals surface area contributed by atoms with Gasteiger partial charge in [-0.3, -0.25) is 9.47 Å². The van der Waals surface area contributed by atoms with Crippen molar-refractivity contribution < 1.29 is 4.79 Å². The zero-order chi connectivity index (χ0) is 14.5. The molecule has 20 heavy (non-hydrogen) atoms. The fraction of sp³-hybridized carbons (Fsp3) is 0.688. The van der Waals surface area contributed by atoms with Crippen molar-refractivity contribution in [2.75, 3.05) is 38.2 Å². The number of Topliss-reactive ketones (excluding diaryl/α,β-unsaturated/α-hetero) is 1. The minimum absolute atomic E-state index is 0.0825. The van der Waals surface area contributed by atoms with E-state index in [-0.39, 0.29) is 5.41 Å². The molecule has 110 valence electrons. The molecule has 4 heteroatoms. The molecule has 2 heterocycles. The molecule has 0 unspecified atom stereocenters. The molecule has 1 aromatic rings. The van der Waals surface area contributed by atoms with Crippen LogP contribution in [0.1, 0.15) is 42.0 Å². The van der Waals surface area contributed by atoms with E-state index in [1.807, 2.05) is 0 Å². The summed E-state index contributed by atoms with van der Waals surface area (Å²) in [5.41, 5.74) is 3.47. The fourth-order valence-corrected chi connectivity index (χ4v) is 3.53. The summed E-state index contributed by atoms with van der Waals surface area (Å²) < 4.78 is 2.32. The van der Waals surface area contributed by atoms with Crippen LogP contribution in [0.3, 0.4) is 0 Å². The van der Waals surface area contributed by atoms with Crippen molar-refractivity contribution in [1.82, 2.24) is 9.58 Å². The second-order valence-corrected chi connectivity index (χ2v) is 7.16. The van der Waals surface area contributed by atoms with Crippen molar-refractivity contribution in [1.29, 1.82) is 0 Å². The molecule has 2 aliphatic rings. The Balaban J connectivity index is 1.98. The van der Waals surface area contributed by atoms with Gasteiger partial charge in [-0.2, -0.15) is 0 Å². The predicted molar refractivity (Wildman–Crippen MR) is 81.0 cm³/mol. The highest BCUT2D eigenvalue weighted by atomic mass is 16.1. The molecule has 1 aromatic heterocycles. The molecule has 1 aliphatic heterocycles. The van der Waals surface area contributed by atoms with Gasteiger partial charge in [0.05, 0.1) is 5.69 Å². The number of likely N-dealkylation sites (N-methyl/N-ethyl adjacent to an activating group) is 1. The Labute approximate surface area is 121 Å². The van der Waals surface area contributed by atoms with Crippen LogP contribution in [0.25, 0.3) is 0 Å². The molecule has 0 radical (unpaired) electrons. The van der Waals surface area contributed by atoms with Crippen LogP contribution in [-0.2, 0) is 6.42 Å². The summed E-state index contributed by atoms with van der Waals surface area (Å²) in [6, 6.07) is 2.09. The van der Waals surface area contributed by atoms with Crippen molar-refractivity contribution >= 4 is 5.78 Å². The highest BCUT2D eigenvalue weighted by Crippen LogP contribution is 2.36. The maximum Gasteiger partial charge on any atom is 0.165 e. The molecule has 0 aromatic carbocycles. The minimum Gasteiger partial charge on any atom is -0.310 e. The zero-order valence-corrected chi connectivity index (χ0v) is 13.1. The molecule has 1 aliphatic carbocycles. The summed E-state index contributed by atoms with van der Waals surface area (Å²) in [7, 11) is 2.17. The second-order valence-electron chi connectivity index (χ2n) is 7.16. The van der Waals surface area contributed by atoms with E-state index in [2.05, 4.69) is 48.5 Å². The number of rotatable bonds is 1. The summed E-state index contributed by atoms with van der Waals surface area (Å²) in [6.45, 7) is 10.8. The van der Waals surface area contributed by atoms with Crippen molar-refractivity contribution in [2.45, 2.75) is 33.6 Å². The first-order valence-electron chi connectivity index (χ1n) is 7.56. The minimum atomic E-state index is 0.0825. The number of aryl methyl sites for hydroxylation is 1. The van der Waals surface area contributed by atoms with E-state index in [4.69, 9.17) is 0 Å². The van der Waals surface area contributed by atoms with Gasteiger partial charge in [0.25, 0.3) is 0 Å². The third-order valence-corrected chi connectivity index (χ3v) is 4.60. The van der Waals surface area contributed by atoms with Crippen LogP contribution in [0.2, 0.25) is 0 Å². The van der Waals surface area contributed by atoms with Crippen LogP contribution in [0.4, 0.5) is 0 Å². The number of carbonyl (C=O) groups excluding carboxylic acids is 1. The van der Waals surface area contributed by atoms with E-state index in [1.54, 1.807) is 0 Å². The van der Waals surface area contributed by atoms with Crippen molar-refractivity contribution in [2.24, 2.45) is 5.41 Å². The lowest BCUT2D eigenvalue weighted by Gasteiger charge is -2.38. The molecular weight excluding hydrogens is 250 g/mol. The van der Waals surface area contributed by atoms with E-state index < -0.39 is 0 Å². The zero-order valence-electron chi connectivity index (χ0n) is 13.1. The van der Waals surface area contributed by atoms with Crippen LogP contribution in [0.5, 0.6) is 0 Å². The Kier molecular flexibility index (Phi) is 3.16. The number of ketones is 1. The molecule has 3 rings (SSSR count). The predicted octanol–water partition coefficient (Wildman–Crippen LogP) is 1.84. The summed E-state index contributed by atoms with van der Waals surface area (Å²) in [4.78, 5) is 14.7. The molecule has 0 spiro atoms. The van der Waals surface area contributed by atoms with E-state index in [1.165, 1.54) is 11.4 Å². The number of nitrogens with zero attached hydrogens (tertiary/aromatic N) is 3. The number of piperazine rings is 1. The van der Waals surface area contributed by atoms with Crippen LogP contribution < -0.4 is 5.01 Å². The highest BCUT2D eigenvalue weighted by molar-refractivity contribution is 5.99. The smallest absolute Gasteiger partial charge is 0.165 e. The van der Waals surface area contributed by atoms with Gasteiger partial charge < -0.3 is 9.91 Å². The summed E-state index contributed by atoms with van der Waals surface area (Å²) in [5.74, 6) is 0.312. The quantitative estimate of drug-likeness (QED) is 0.783. The number of hydrogen-bond donors (Lipinski definition) is 0. The van der Waals surface area contributed by atoms with E-state index in [0.717, 1.165) is 38.2 Å². The SMILES string of the molecule is Cc1cc2c(n1N1CCN(C)CC1)CC(C)(C)CC2=O. The maximum atomic E-state index is 12.4. The van der Waals surface area contributed by atoms with Crippen LogP contribution in [0.15, 0.2) is 6.07 Å². The van der Waals surface area contributed by atoms with E-state index >= 15 is 0 Å². The Morgan fingerprint density at radius 3 is 2.40 bits per heavy atom. The van der Waals surface area contributed by atoms with Crippen LogP contribution in [0, 0.1) is 12.3 Å². The van der Waals surface area contributed by atoms with Gasteiger partial charge in [-0.25, -0.2) is 0 Å². The van der Waals surface area contributed by atoms with Gasteiger partial charge in [-0.05, 0) is 31.9 Å². The molecule has 0 saturated carbocycles. The lowest BCUT2D eigenvalue weighted by atomic mass is 9.76. The monoisotopic (exact) mass is 275 g/mol. The molecule has 1 saturated heterocycles. The molecular formula is C16H25N3O. The number of aromatic nitrogens is 1. The Morgan fingerprint density at radius 2 is 1.75 bits per heavy atom. The number of hydrogen-bond acceptors (Lipinski definition) is 3. The summed E-state index contributed by atoms with van der Waals surface area (Å²) in [5, 5.41) is 2.41. The average molecular weight is 275 g/mol. The highest BCUT2D eigenvalue weighted by Gasteiger charge is 2.35. The Bertz CT molecular complexity index is 536. The standard InChI is InChI=1S/C16H25N3O/c1-12-9-13-14(10-16(2,3)11-15(13)20)19(12)18-7-5-17(4)6-8-18/h9H,5-8,10-11H2,1-4H3. The van der Waals surface area contributed by atoms with Crippen molar-refractivity contribution in [3.8, 4) is 0 Å². The third kappa shape index (κ3) is 2.26. The van der Waals surface area contributed by atoms with Gasteiger partial charge in [0.1, 0.15) is 0 Å². The van der Waals surface area contributed by atoms with E-state index in [0.29, 0.717) is 12.2 Å². The van der Waals surface area contributed by atoms with Gasteiger partial charge in [-0.15, -0.1) is 0 Å². The third-order valence-electron chi connectivity index (χ3n) is 4.60. The number of carbonyl (C=O) groups is 1. The first-order chi connectivity index (χ1) is 9.37. The van der Waals surface area contributed by atoms with E-state index in [9.17, 15) is 4.79 Å². The first kappa shape index (κ1) is 13.7. The largest absolute Gasteiger partial charge is 0.310 e. The van der Waals surface area contributed by atoms with Crippen molar-refractivity contribution in [3.05, 3.63) is 23.0 Å². The normalized spacial score (nSPS) is 23.0. The molecule has 0 bridgehead atoms. The van der Waals surface area contributed by atoms with Crippen molar-refractivity contribution in [3.63, 3.8) is 0 Å². The molecule has 0 amide bonds. The molecule has 0 atom stereocenters. The Morgan fingerprint density at radius 1 is 1.10 bits per heavy atom. The average Bonchev–Trinajstić information content (AvgIpc) is 2.66. The molecule has 4 nitrogen and oxygen atoms in total. The van der Waals surface area contributed by atoms with Gasteiger partial charge >= 0.3 is 0 Å². The van der Waals surface area contributed by atoms with Gasteiger partial charge in [0.2, 0.25) is 0 Å². The topological polar surface area (TPSA) is 28.5 Å². The van der Waals surface area contributed by atoms with Gasteiger partial charge in [0, 0.05) is 43.9 Å². The van der Waals surface area contributed by atoms with Crippen LogP contribution >= 0.6 is 0 Å². The number of fused-ring (bicyclic) bond motifs is 1. The molecule has 0 N–H and O–H groups in total. The fourth-order valence-electron chi connectivity index (χ4n) is 3.53. The second kappa shape index (κ2) is 4.62. The first-order valence-corrected chi connectivity index (χ1v) is 7.56. The molecule has 1 fully saturated rings. The Hall–Kier alpha value is -1.29.